The number of methoxy groups -OCH3 is 1. The van der Waals surface area contributed by atoms with E-state index >= 15 is 0 Å². The van der Waals surface area contributed by atoms with E-state index in [1.165, 1.54) is 225 Å². The van der Waals surface area contributed by atoms with E-state index in [2.05, 4.69) is 334 Å². The third kappa shape index (κ3) is 17.3. The molecule has 2 heteroatoms. The third-order valence-corrected chi connectivity index (χ3v) is 26.2. The van der Waals surface area contributed by atoms with Gasteiger partial charge in [-0.15, -0.1) is 11.3 Å². The van der Waals surface area contributed by atoms with Gasteiger partial charge in [-0.1, -0.05) is 265 Å². The molecule has 0 atom stereocenters. The highest BCUT2D eigenvalue weighted by Crippen LogP contribution is 2.49. The molecule has 560 valence electrons. The molecular formula is C105H128OS. The van der Waals surface area contributed by atoms with Crippen molar-refractivity contribution in [1.29, 1.82) is 0 Å². The molecule has 1 nitrogen and oxygen atoms in total. The van der Waals surface area contributed by atoms with Crippen molar-refractivity contribution in [2.75, 3.05) is 7.11 Å². The number of hydrogen-bond acceptors (Lipinski definition) is 2. The third-order valence-electron chi connectivity index (χ3n) is 24.8. The van der Waals surface area contributed by atoms with Gasteiger partial charge in [0.1, 0.15) is 5.75 Å². The summed E-state index contributed by atoms with van der Waals surface area (Å²) in [6.07, 6.45) is 17.7. The molecule has 12 aromatic carbocycles. The van der Waals surface area contributed by atoms with Gasteiger partial charge in [-0.05, 0) is 350 Å². The van der Waals surface area contributed by atoms with Crippen molar-refractivity contribution in [3.8, 4) is 5.75 Å². The highest BCUT2D eigenvalue weighted by molar-refractivity contribution is 7.10. The number of aryl methyl sites for hydroxylation is 5. The largest absolute Gasteiger partial charge is 0.496 e. The zero-order valence-electron chi connectivity index (χ0n) is 70.1. The van der Waals surface area contributed by atoms with E-state index in [4.69, 9.17) is 4.74 Å². The molecular weight excluding hydrogens is 1310 g/mol. The van der Waals surface area contributed by atoms with Crippen LogP contribution >= 0.6 is 11.3 Å². The lowest BCUT2D eigenvalue weighted by Gasteiger charge is -2.36. The normalized spacial score (nSPS) is 15.7. The Morgan fingerprint density at radius 3 is 0.832 bits per heavy atom. The summed E-state index contributed by atoms with van der Waals surface area (Å²) in [5, 5.41) is 24.2. The maximum absolute atomic E-state index is 5.67. The quantitative estimate of drug-likeness (QED) is 0.160. The van der Waals surface area contributed by atoms with Crippen LogP contribution in [0.15, 0.2) is 181 Å². The van der Waals surface area contributed by atoms with Crippen LogP contribution < -0.4 is 4.74 Å². The molecule has 0 aliphatic heterocycles. The molecule has 16 rings (SSSR count). The first kappa shape index (κ1) is 78.8. The Balaban J connectivity index is 0.000000128. The Bertz CT molecular complexity index is 5350. The van der Waals surface area contributed by atoms with Gasteiger partial charge < -0.3 is 4.74 Å². The Kier molecular flexibility index (Phi) is 23.0. The van der Waals surface area contributed by atoms with E-state index in [1.54, 1.807) is 23.8 Å². The second-order valence-corrected chi connectivity index (χ2v) is 39.5. The van der Waals surface area contributed by atoms with E-state index in [1.807, 2.05) is 11.3 Å². The van der Waals surface area contributed by atoms with Crippen LogP contribution in [0, 0.1) is 40.0 Å². The van der Waals surface area contributed by atoms with Crippen LogP contribution in [0.25, 0.3) is 86.2 Å². The van der Waals surface area contributed by atoms with Crippen molar-refractivity contribution in [3.05, 3.63) is 253 Å². The monoisotopic (exact) mass is 1440 g/mol. The minimum atomic E-state index is 0.108. The van der Waals surface area contributed by atoms with E-state index in [-0.39, 0.29) is 21.7 Å². The first-order chi connectivity index (χ1) is 50.5. The van der Waals surface area contributed by atoms with Gasteiger partial charge in [-0.3, -0.25) is 0 Å². The number of rotatable bonds is 4. The molecule has 3 aliphatic carbocycles. The number of hydrogen-bond donors (Lipinski definition) is 0. The van der Waals surface area contributed by atoms with E-state index in [9.17, 15) is 0 Å². The second kappa shape index (κ2) is 31.3. The first-order valence-electron chi connectivity index (χ1n) is 40.9. The van der Waals surface area contributed by atoms with Gasteiger partial charge in [-0.25, -0.2) is 0 Å². The SMILES string of the molecule is COc1cc(C(C)(C)C)c(C)c2cc3ccccc3cc12.Cc1c(C(C)(C)C)cc(C2CCC(C)(C)CC2)c2cc3ccccc3cc12.Cc1c(C(C)(C)C)cc(C2CCCC2)c2cc3ccccc3cc12.Cc1c(C(C)(C)C)cc(C2CCCCC2)c2cc3ccccc3cc12.Cc1ccsc1C(C)(C)C. The molecule has 13 aromatic rings. The summed E-state index contributed by atoms with van der Waals surface area (Å²) in [6.45, 7) is 50.9. The topological polar surface area (TPSA) is 9.23 Å². The van der Waals surface area contributed by atoms with Crippen LogP contribution in [0.5, 0.6) is 5.75 Å². The fourth-order valence-electron chi connectivity index (χ4n) is 18.8. The maximum atomic E-state index is 5.67. The van der Waals surface area contributed by atoms with Gasteiger partial charge in [0, 0.05) is 10.3 Å². The van der Waals surface area contributed by atoms with Gasteiger partial charge >= 0.3 is 0 Å². The fraction of sp³-hybridized carbons (Fsp3) is 0.429. The van der Waals surface area contributed by atoms with Crippen LogP contribution in [0.4, 0.5) is 0 Å². The Labute approximate surface area is 649 Å². The molecule has 0 bridgehead atoms. The summed E-state index contributed by atoms with van der Waals surface area (Å²) in [7, 11) is 1.76. The number of thiophene rings is 1. The number of fused-ring (bicyclic) bond motifs is 8. The van der Waals surface area contributed by atoms with Crippen LogP contribution in [-0.2, 0) is 27.1 Å². The number of benzene rings is 12. The van der Waals surface area contributed by atoms with Crippen molar-refractivity contribution in [1.82, 2.24) is 0 Å². The summed E-state index contributed by atoms with van der Waals surface area (Å²) in [4.78, 5) is 1.51. The smallest absolute Gasteiger partial charge is 0.127 e. The summed E-state index contributed by atoms with van der Waals surface area (Å²) in [6, 6.07) is 66.2. The molecule has 3 aliphatic rings. The summed E-state index contributed by atoms with van der Waals surface area (Å²) < 4.78 is 5.67. The zero-order chi connectivity index (χ0) is 76.9. The molecule has 0 radical (unpaired) electrons. The lowest BCUT2D eigenvalue weighted by molar-refractivity contribution is 0.225. The molecule has 0 spiro atoms. The van der Waals surface area contributed by atoms with E-state index in [0.717, 1.165) is 17.6 Å². The van der Waals surface area contributed by atoms with Crippen LogP contribution in [-0.4, -0.2) is 7.11 Å². The predicted octanol–water partition coefficient (Wildman–Crippen LogP) is 32.1. The fourth-order valence-corrected chi connectivity index (χ4v) is 19.9. The molecule has 3 saturated carbocycles. The highest BCUT2D eigenvalue weighted by atomic mass is 32.1. The minimum Gasteiger partial charge on any atom is -0.496 e. The van der Waals surface area contributed by atoms with Crippen molar-refractivity contribution >= 4 is 97.5 Å². The van der Waals surface area contributed by atoms with Gasteiger partial charge in [0.15, 0.2) is 0 Å². The molecule has 0 N–H and O–H groups in total. The van der Waals surface area contributed by atoms with Gasteiger partial charge in [-0.2, -0.15) is 0 Å². The first-order valence-corrected chi connectivity index (χ1v) is 41.8. The maximum Gasteiger partial charge on any atom is 0.127 e. The Hall–Kier alpha value is -7.78. The second-order valence-electron chi connectivity index (χ2n) is 38.6. The average Bonchev–Trinajstić information content (AvgIpc) is 1.74. The molecule has 3 fully saturated rings. The summed E-state index contributed by atoms with van der Waals surface area (Å²) in [5.74, 6) is 3.14. The van der Waals surface area contributed by atoms with Crippen LogP contribution in [0.3, 0.4) is 0 Å². The average molecular weight is 1440 g/mol. The van der Waals surface area contributed by atoms with E-state index in [0.29, 0.717) is 16.7 Å². The Morgan fingerprint density at radius 1 is 0.308 bits per heavy atom. The van der Waals surface area contributed by atoms with E-state index < -0.39 is 0 Å². The van der Waals surface area contributed by atoms with Crippen LogP contribution in [0.1, 0.15) is 291 Å². The predicted molar refractivity (Wildman–Crippen MR) is 476 cm³/mol. The molecule has 107 heavy (non-hydrogen) atoms. The highest BCUT2D eigenvalue weighted by Gasteiger charge is 2.32. The lowest BCUT2D eigenvalue weighted by atomic mass is 9.69. The molecule has 1 aromatic heterocycles. The van der Waals surface area contributed by atoms with Crippen LogP contribution in [0.2, 0.25) is 0 Å². The van der Waals surface area contributed by atoms with Crippen molar-refractivity contribution in [2.45, 2.75) is 281 Å². The molecule has 1 heterocycles. The lowest BCUT2D eigenvalue weighted by Crippen LogP contribution is -2.21. The van der Waals surface area contributed by atoms with Crippen molar-refractivity contribution in [3.63, 3.8) is 0 Å². The van der Waals surface area contributed by atoms with Gasteiger partial charge in [0.25, 0.3) is 0 Å². The van der Waals surface area contributed by atoms with Gasteiger partial charge in [0.05, 0.1) is 7.11 Å². The standard InChI is InChI=1S/C27H34.C25H30.C24H28.C20H22O.C9H14S/c1-18-22-15-20-9-7-8-10-21(20)16-24(22)23(17-25(18)26(2,3)4)19-11-13-27(5,6)14-12-19;1-17-21-14-19-12-8-9-13-20(19)15-23(21)22(16-24(17)25(2,3)4)18-10-6-5-7-11-18;1-16-20-13-18-11-7-8-12-19(18)14-22(20)21(17-9-5-6-10-17)15-23(16)24(2,3)4;1-13-16-10-14-8-6-7-9-15(14)11-17(16)19(21-5)12-18(13)20(2,3)4;1-7-5-6-10-8(7)9(2,3)4/h7-10,15-17,19H,11-14H2,1-6H3;8-9,12-16,18H,5-7,10-11H2,1-4H3;7-8,11-15,17H,5-6,9-10H2,1-4H3;6-12H,1-5H3;5-6H,1-4H3. The molecule has 0 unspecified atom stereocenters. The summed E-state index contributed by atoms with van der Waals surface area (Å²) in [5.41, 5.74) is 19.4. The molecule has 0 amide bonds. The summed E-state index contributed by atoms with van der Waals surface area (Å²) >= 11 is 1.86. The van der Waals surface area contributed by atoms with Gasteiger partial charge in [0.2, 0.25) is 0 Å². The van der Waals surface area contributed by atoms with Crippen molar-refractivity contribution < 1.29 is 4.74 Å². The zero-order valence-corrected chi connectivity index (χ0v) is 70.9. The molecule has 0 saturated heterocycles. The van der Waals surface area contributed by atoms with Crippen molar-refractivity contribution in [2.24, 2.45) is 5.41 Å². The minimum absolute atomic E-state index is 0.108. The number of ether oxygens (including phenoxy) is 1. The Morgan fingerprint density at radius 2 is 0.570 bits per heavy atom.